The summed E-state index contributed by atoms with van der Waals surface area (Å²) in [7, 11) is 0. The van der Waals surface area contributed by atoms with Crippen LogP contribution in [0.25, 0.3) is 0 Å². The monoisotopic (exact) mass is 258 g/mol. The van der Waals surface area contributed by atoms with Gasteiger partial charge in [0.1, 0.15) is 18.4 Å². The first kappa shape index (κ1) is 13.0. The van der Waals surface area contributed by atoms with E-state index in [2.05, 4.69) is 4.98 Å². The minimum absolute atomic E-state index is 0.104. The fourth-order valence-corrected chi connectivity index (χ4v) is 1.55. The molecule has 2 aromatic rings. The second-order valence-corrected chi connectivity index (χ2v) is 3.87. The first-order valence-corrected chi connectivity index (χ1v) is 5.60. The molecule has 19 heavy (non-hydrogen) atoms. The lowest BCUT2D eigenvalue weighted by atomic mass is 10.2. The number of ether oxygens (including phenoxy) is 1. The molecule has 1 aromatic carbocycles. The molecular formula is C14H11FN2O2. The number of aromatic nitrogens is 1. The molecule has 0 aliphatic rings. The molecule has 0 unspecified atom stereocenters. The van der Waals surface area contributed by atoms with Crippen LogP contribution in [0, 0.1) is 17.1 Å². The van der Waals surface area contributed by atoms with Gasteiger partial charge in [0, 0.05) is 6.20 Å². The van der Waals surface area contributed by atoms with Crippen LogP contribution in [0.15, 0.2) is 36.5 Å². The summed E-state index contributed by atoms with van der Waals surface area (Å²) in [6.07, 6.45) is 1.50. The highest BCUT2D eigenvalue weighted by Gasteiger charge is 2.05. The second-order valence-electron chi connectivity index (χ2n) is 3.87. The zero-order valence-corrected chi connectivity index (χ0v) is 10.0. The molecule has 5 heteroatoms. The van der Waals surface area contributed by atoms with E-state index in [1.54, 1.807) is 18.2 Å². The average molecular weight is 258 g/mol. The van der Waals surface area contributed by atoms with E-state index in [9.17, 15) is 4.39 Å². The fraction of sp³-hybridized carbons (Fsp3) is 0.143. The van der Waals surface area contributed by atoms with Crippen LogP contribution in [0.4, 0.5) is 4.39 Å². The molecule has 0 aliphatic carbocycles. The number of pyridine rings is 1. The highest BCUT2D eigenvalue weighted by atomic mass is 19.1. The third-order valence-electron chi connectivity index (χ3n) is 2.51. The van der Waals surface area contributed by atoms with E-state index in [1.807, 2.05) is 6.07 Å². The highest BCUT2D eigenvalue weighted by Crippen LogP contribution is 2.19. The largest absolute Gasteiger partial charge is 0.486 e. The first-order chi connectivity index (χ1) is 9.22. The van der Waals surface area contributed by atoms with Crippen molar-refractivity contribution in [1.29, 1.82) is 5.26 Å². The van der Waals surface area contributed by atoms with Gasteiger partial charge in [0.05, 0.1) is 6.61 Å². The molecule has 0 saturated heterocycles. The maximum Gasteiger partial charge on any atom is 0.165 e. The molecule has 1 aromatic heterocycles. The maximum absolute atomic E-state index is 13.6. The Hall–Kier alpha value is -2.45. The van der Waals surface area contributed by atoms with Crippen molar-refractivity contribution in [1.82, 2.24) is 4.98 Å². The number of nitrogens with zero attached hydrogens (tertiary/aromatic N) is 2. The van der Waals surface area contributed by atoms with Crippen molar-refractivity contribution in [3.63, 3.8) is 0 Å². The molecule has 0 fully saturated rings. The van der Waals surface area contributed by atoms with Crippen LogP contribution in [0.5, 0.6) is 5.75 Å². The van der Waals surface area contributed by atoms with Crippen LogP contribution in [0.3, 0.4) is 0 Å². The zero-order valence-electron chi connectivity index (χ0n) is 10.0. The Balaban J connectivity index is 2.08. The Morgan fingerprint density at radius 2 is 2.11 bits per heavy atom. The van der Waals surface area contributed by atoms with Gasteiger partial charge in [0.2, 0.25) is 0 Å². The molecule has 2 rings (SSSR count). The van der Waals surface area contributed by atoms with Gasteiger partial charge in [0.15, 0.2) is 11.6 Å². The third-order valence-corrected chi connectivity index (χ3v) is 2.51. The summed E-state index contributed by atoms with van der Waals surface area (Å²) in [6, 6.07) is 9.48. The maximum atomic E-state index is 13.6. The Morgan fingerprint density at radius 3 is 2.79 bits per heavy atom. The van der Waals surface area contributed by atoms with Crippen molar-refractivity contribution in [2.24, 2.45) is 0 Å². The Morgan fingerprint density at radius 1 is 1.26 bits per heavy atom. The molecule has 0 bridgehead atoms. The number of hydrogen-bond acceptors (Lipinski definition) is 4. The second kappa shape index (κ2) is 5.94. The lowest BCUT2D eigenvalue weighted by Gasteiger charge is -2.08. The number of aliphatic hydroxyl groups excluding tert-OH is 1. The summed E-state index contributed by atoms with van der Waals surface area (Å²) < 4.78 is 18.9. The van der Waals surface area contributed by atoms with E-state index in [1.165, 1.54) is 18.3 Å². The molecule has 0 amide bonds. The molecule has 0 atom stereocenters. The van der Waals surface area contributed by atoms with Gasteiger partial charge in [-0.15, -0.1) is 0 Å². The summed E-state index contributed by atoms with van der Waals surface area (Å²) in [5.41, 5.74) is 1.51. The SMILES string of the molecule is N#Cc1cc(COc2ccc(CO)cc2F)ccn1. The first-order valence-electron chi connectivity index (χ1n) is 5.60. The minimum atomic E-state index is -0.527. The highest BCUT2D eigenvalue weighted by molar-refractivity contribution is 5.30. The van der Waals surface area contributed by atoms with E-state index in [4.69, 9.17) is 15.1 Å². The van der Waals surface area contributed by atoms with E-state index in [0.29, 0.717) is 5.56 Å². The lowest BCUT2D eigenvalue weighted by Crippen LogP contribution is -1.99. The van der Waals surface area contributed by atoms with Crippen LogP contribution >= 0.6 is 0 Å². The fourth-order valence-electron chi connectivity index (χ4n) is 1.55. The smallest absolute Gasteiger partial charge is 0.165 e. The van der Waals surface area contributed by atoms with Crippen molar-refractivity contribution in [2.45, 2.75) is 13.2 Å². The van der Waals surface area contributed by atoms with E-state index >= 15 is 0 Å². The molecule has 0 spiro atoms. The summed E-state index contributed by atoms with van der Waals surface area (Å²) in [5, 5.41) is 17.6. The Bertz CT molecular complexity index is 623. The van der Waals surface area contributed by atoms with Gasteiger partial charge in [-0.2, -0.15) is 5.26 Å². The van der Waals surface area contributed by atoms with Crippen LogP contribution in [-0.4, -0.2) is 10.1 Å². The quantitative estimate of drug-likeness (QED) is 0.912. The summed E-state index contributed by atoms with van der Waals surface area (Å²) in [4.78, 5) is 3.83. The molecule has 1 N–H and O–H groups in total. The van der Waals surface area contributed by atoms with Crippen LogP contribution < -0.4 is 4.74 Å². The topological polar surface area (TPSA) is 66.1 Å². The predicted molar refractivity (Wildman–Crippen MR) is 65.6 cm³/mol. The lowest BCUT2D eigenvalue weighted by molar-refractivity contribution is 0.276. The molecule has 4 nitrogen and oxygen atoms in total. The zero-order chi connectivity index (χ0) is 13.7. The molecule has 0 saturated carbocycles. The number of aliphatic hydroxyl groups is 1. The van der Waals surface area contributed by atoms with Crippen LogP contribution in [0.1, 0.15) is 16.8 Å². The number of rotatable bonds is 4. The Kier molecular flexibility index (Phi) is 4.06. The van der Waals surface area contributed by atoms with E-state index in [0.717, 1.165) is 5.56 Å². The van der Waals surface area contributed by atoms with Gasteiger partial charge in [-0.3, -0.25) is 0 Å². The number of hydrogen-bond donors (Lipinski definition) is 1. The molecule has 96 valence electrons. The van der Waals surface area contributed by atoms with Gasteiger partial charge < -0.3 is 9.84 Å². The Labute approximate surface area is 109 Å². The number of nitriles is 1. The van der Waals surface area contributed by atoms with Gasteiger partial charge >= 0.3 is 0 Å². The number of benzene rings is 1. The summed E-state index contributed by atoms with van der Waals surface area (Å²) in [6.45, 7) is -0.0698. The molecular weight excluding hydrogens is 247 g/mol. The molecule has 0 aliphatic heterocycles. The molecule has 0 radical (unpaired) electrons. The van der Waals surface area contributed by atoms with E-state index in [-0.39, 0.29) is 24.7 Å². The molecule has 1 heterocycles. The third kappa shape index (κ3) is 3.27. The summed E-state index contributed by atoms with van der Waals surface area (Å²) in [5.74, 6) is -0.423. The van der Waals surface area contributed by atoms with Crippen LogP contribution in [0.2, 0.25) is 0 Å². The van der Waals surface area contributed by atoms with Gasteiger partial charge in [0.25, 0.3) is 0 Å². The normalized spacial score (nSPS) is 9.95. The van der Waals surface area contributed by atoms with E-state index < -0.39 is 5.82 Å². The van der Waals surface area contributed by atoms with Crippen LogP contribution in [-0.2, 0) is 13.2 Å². The van der Waals surface area contributed by atoms with Crippen molar-refractivity contribution in [2.75, 3.05) is 0 Å². The van der Waals surface area contributed by atoms with Gasteiger partial charge in [-0.05, 0) is 35.4 Å². The van der Waals surface area contributed by atoms with Crippen molar-refractivity contribution < 1.29 is 14.2 Å². The minimum Gasteiger partial charge on any atom is -0.486 e. The van der Waals surface area contributed by atoms with Crippen molar-refractivity contribution >= 4 is 0 Å². The van der Waals surface area contributed by atoms with Crippen molar-refractivity contribution in [3.05, 3.63) is 59.2 Å². The van der Waals surface area contributed by atoms with Gasteiger partial charge in [-0.25, -0.2) is 9.37 Å². The number of halogens is 1. The van der Waals surface area contributed by atoms with Gasteiger partial charge in [-0.1, -0.05) is 6.07 Å². The van der Waals surface area contributed by atoms with Crippen molar-refractivity contribution in [3.8, 4) is 11.8 Å². The summed E-state index contributed by atoms with van der Waals surface area (Å²) >= 11 is 0. The predicted octanol–water partition coefficient (Wildman–Crippen LogP) is 2.16. The standard InChI is InChI=1S/C14H11FN2O2/c15-13-6-10(8-18)1-2-14(13)19-9-11-3-4-17-12(5-11)7-16/h1-6,18H,8-9H2. The average Bonchev–Trinajstić information content (AvgIpc) is 2.46.